The summed E-state index contributed by atoms with van der Waals surface area (Å²) < 4.78 is 0. The molecule has 0 saturated carbocycles. The van der Waals surface area contributed by atoms with Gasteiger partial charge < -0.3 is 15.1 Å². The molecule has 3 nitrogen and oxygen atoms in total. The molecule has 1 N–H and O–H groups in total. The number of hydrogen-bond donors (Lipinski definition) is 1. The van der Waals surface area contributed by atoms with Gasteiger partial charge in [0.2, 0.25) is 0 Å². The van der Waals surface area contributed by atoms with Crippen LogP contribution in [0.4, 0.5) is 5.69 Å². The van der Waals surface area contributed by atoms with Crippen molar-refractivity contribution in [3.63, 3.8) is 0 Å². The first kappa shape index (κ1) is 20.9. The second-order valence-electron chi connectivity index (χ2n) is 6.76. The van der Waals surface area contributed by atoms with Crippen molar-refractivity contribution in [1.82, 2.24) is 9.80 Å². The fourth-order valence-electron chi connectivity index (χ4n) is 2.82. The fraction of sp³-hybridized carbons (Fsp3) is 0.476. The highest BCUT2D eigenvalue weighted by Crippen LogP contribution is 2.17. The van der Waals surface area contributed by atoms with Crippen LogP contribution in [-0.2, 0) is 6.54 Å². The van der Waals surface area contributed by atoms with Crippen molar-refractivity contribution in [3.05, 3.63) is 52.2 Å². The molecule has 142 valence electrons. The Bertz CT molecular complexity index is 655. The minimum atomic E-state index is 0.809. The summed E-state index contributed by atoms with van der Waals surface area (Å²) in [7, 11) is 2.21. The molecule has 2 rings (SSSR count). The van der Waals surface area contributed by atoms with Gasteiger partial charge in [0, 0.05) is 17.1 Å². The number of rotatable bonds is 10. The van der Waals surface area contributed by atoms with E-state index in [1.807, 2.05) is 6.07 Å². The third kappa shape index (κ3) is 7.06. The molecule has 0 radical (unpaired) electrons. The molecule has 1 heterocycles. The van der Waals surface area contributed by atoms with Gasteiger partial charge in [-0.15, -0.1) is 11.3 Å². The van der Waals surface area contributed by atoms with E-state index in [2.05, 4.69) is 71.7 Å². The fourth-order valence-corrected chi connectivity index (χ4v) is 3.81. The van der Waals surface area contributed by atoms with Crippen molar-refractivity contribution in [1.29, 1.82) is 0 Å². The summed E-state index contributed by atoms with van der Waals surface area (Å²) in [5.74, 6) is 0. The van der Waals surface area contributed by atoms with Crippen molar-refractivity contribution in [2.45, 2.75) is 39.7 Å². The SMILES string of the molecule is CCCCN(C)CCCN(Cc1cccs1)C(=S)Nc1ccccc1C. The summed E-state index contributed by atoms with van der Waals surface area (Å²) in [6.45, 7) is 8.46. The van der Waals surface area contributed by atoms with Gasteiger partial charge in [-0.1, -0.05) is 37.6 Å². The number of nitrogens with zero attached hydrogens (tertiary/aromatic N) is 2. The topological polar surface area (TPSA) is 18.5 Å². The predicted octanol–water partition coefficient (Wildman–Crippen LogP) is 5.38. The average molecular weight is 390 g/mol. The van der Waals surface area contributed by atoms with Crippen LogP contribution in [0.2, 0.25) is 0 Å². The maximum Gasteiger partial charge on any atom is 0.173 e. The third-order valence-electron chi connectivity index (χ3n) is 4.46. The molecule has 0 bridgehead atoms. The van der Waals surface area contributed by atoms with E-state index in [0.717, 1.165) is 36.9 Å². The van der Waals surface area contributed by atoms with Crippen LogP contribution >= 0.6 is 23.6 Å². The van der Waals surface area contributed by atoms with Gasteiger partial charge in [-0.2, -0.15) is 0 Å². The van der Waals surface area contributed by atoms with Gasteiger partial charge in [0.1, 0.15) is 0 Å². The summed E-state index contributed by atoms with van der Waals surface area (Å²) in [4.78, 5) is 6.06. The Kier molecular flexibility index (Phi) is 9.09. The zero-order chi connectivity index (χ0) is 18.8. The Morgan fingerprint density at radius 1 is 1.08 bits per heavy atom. The van der Waals surface area contributed by atoms with E-state index in [4.69, 9.17) is 12.2 Å². The zero-order valence-corrected chi connectivity index (χ0v) is 17.8. The molecule has 0 aliphatic rings. The number of para-hydroxylation sites is 1. The Labute approximate surface area is 168 Å². The van der Waals surface area contributed by atoms with E-state index in [1.165, 1.54) is 29.8 Å². The van der Waals surface area contributed by atoms with Gasteiger partial charge in [-0.3, -0.25) is 0 Å². The van der Waals surface area contributed by atoms with Crippen LogP contribution in [0.25, 0.3) is 0 Å². The second kappa shape index (κ2) is 11.3. The first-order chi connectivity index (χ1) is 12.6. The lowest BCUT2D eigenvalue weighted by Crippen LogP contribution is -2.36. The molecule has 0 aliphatic heterocycles. The molecule has 2 aromatic rings. The van der Waals surface area contributed by atoms with Gasteiger partial charge in [-0.05, 0) is 75.2 Å². The largest absolute Gasteiger partial charge is 0.344 e. The molecule has 0 spiro atoms. The molecular formula is C21H31N3S2. The van der Waals surface area contributed by atoms with Crippen LogP contribution in [0.15, 0.2) is 41.8 Å². The van der Waals surface area contributed by atoms with E-state index < -0.39 is 0 Å². The van der Waals surface area contributed by atoms with Crippen LogP contribution < -0.4 is 5.32 Å². The summed E-state index contributed by atoms with van der Waals surface area (Å²) in [6.07, 6.45) is 3.63. The third-order valence-corrected chi connectivity index (χ3v) is 5.68. The van der Waals surface area contributed by atoms with Crippen molar-refractivity contribution in [3.8, 4) is 0 Å². The van der Waals surface area contributed by atoms with E-state index in [1.54, 1.807) is 11.3 Å². The van der Waals surface area contributed by atoms with Gasteiger partial charge >= 0.3 is 0 Å². The van der Waals surface area contributed by atoms with Gasteiger partial charge in [0.25, 0.3) is 0 Å². The number of nitrogens with one attached hydrogen (secondary N) is 1. The smallest absolute Gasteiger partial charge is 0.173 e. The summed E-state index contributed by atoms with van der Waals surface area (Å²) in [6, 6.07) is 12.6. The highest BCUT2D eigenvalue weighted by molar-refractivity contribution is 7.80. The first-order valence-electron chi connectivity index (χ1n) is 9.42. The van der Waals surface area contributed by atoms with Crippen LogP contribution in [0.1, 0.15) is 36.6 Å². The average Bonchev–Trinajstić information content (AvgIpc) is 3.14. The number of unbranched alkanes of at least 4 members (excludes halogenated alkanes) is 1. The molecular weight excluding hydrogens is 358 g/mol. The number of benzene rings is 1. The van der Waals surface area contributed by atoms with E-state index in [0.29, 0.717) is 0 Å². The lowest BCUT2D eigenvalue weighted by molar-refractivity contribution is 0.300. The molecule has 1 aromatic heterocycles. The molecule has 0 atom stereocenters. The second-order valence-corrected chi connectivity index (χ2v) is 8.18. The Balaban J connectivity index is 1.94. The van der Waals surface area contributed by atoms with Gasteiger partial charge in [0.15, 0.2) is 5.11 Å². The van der Waals surface area contributed by atoms with Crippen LogP contribution in [0, 0.1) is 6.92 Å². The molecule has 0 aliphatic carbocycles. The van der Waals surface area contributed by atoms with Crippen LogP contribution in [0.3, 0.4) is 0 Å². The lowest BCUT2D eigenvalue weighted by atomic mass is 10.2. The van der Waals surface area contributed by atoms with Crippen LogP contribution in [0.5, 0.6) is 0 Å². The molecule has 0 saturated heterocycles. The monoisotopic (exact) mass is 389 g/mol. The van der Waals surface area contributed by atoms with E-state index in [-0.39, 0.29) is 0 Å². The standard InChI is InChI=1S/C21H31N3S2/c1-4-5-13-23(3)14-9-15-24(17-19-11-8-16-26-19)21(25)22-20-12-7-6-10-18(20)2/h6-8,10-12,16H,4-5,9,13-15,17H2,1-3H3,(H,22,25). The minimum Gasteiger partial charge on any atom is -0.344 e. The number of aryl methyl sites for hydroxylation is 1. The number of thiophene rings is 1. The minimum absolute atomic E-state index is 0.809. The van der Waals surface area contributed by atoms with E-state index >= 15 is 0 Å². The van der Waals surface area contributed by atoms with Gasteiger partial charge in [-0.25, -0.2) is 0 Å². The Morgan fingerprint density at radius 2 is 1.85 bits per heavy atom. The number of anilines is 1. The molecule has 5 heteroatoms. The number of hydrogen-bond acceptors (Lipinski definition) is 3. The molecule has 0 unspecified atom stereocenters. The molecule has 0 amide bonds. The molecule has 26 heavy (non-hydrogen) atoms. The van der Waals surface area contributed by atoms with E-state index in [9.17, 15) is 0 Å². The molecule has 0 fully saturated rings. The van der Waals surface area contributed by atoms with Crippen LogP contribution in [-0.4, -0.2) is 41.6 Å². The van der Waals surface area contributed by atoms with Crippen molar-refractivity contribution >= 4 is 34.4 Å². The number of thiocarbonyl (C=S) groups is 1. The Hall–Kier alpha value is -1.43. The maximum absolute atomic E-state index is 5.75. The predicted molar refractivity (Wildman–Crippen MR) is 119 cm³/mol. The highest BCUT2D eigenvalue weighted by Gasteiger charge is 2.12. The van der Waals surface area contributed by atoms with Crippen molar-refractivity contribution < 1.29 is 0 Å². The molecule has 1 aromatic carbocycles. The Morgan fingerprint density at radius 3 is 2.54 bits per heavy atom. The highest BCUT2D eigenvalue weighted by atomic mass is 32.1. The normalized spacial score (nSPS) is 10.9. The summed E-state index contributed by atoms with van der Waals surface area (Å²) in [5.41, 5.74) is 2.30. The first-order valence-corrected chi connectivity index (χ1v) is 10.7. The quantitative estimate of drug-likeness (QED) is 0.550. The summed E-state index contributed by atoms with van der Waals surface area (Å²) in [5, 5.41) is 6.38. The van der Waals surface area contributed by atoms with Gasteiger partial charge in [0.05, 0.1) is 6.54 Å². The summed E-state index contributed by atoms with van der Waals surface area (Å²) >= 11 is 7.53. The van der Waals surface area contributed by atoms with Crippen molar-refractivity contribution in [2.24, 2.45) is 0 Å². The zero-order valence-electron chi connectivity index (χ0n) is 16.2. The lowest BCUT2D eigenvalue weighted by Gasteiger charge is -2.27. The van der Waals surface area contributed by atoms with Crippen molar-refractivity contribution in [2.75, 3.05) is 32.0 Å². The maximum atomic E-state index is 5.75.